The molecule has 2 aliphatic rings. The minimum absolute atomic E-state index is 0.0460. The van der Waals surface area contributed by atoms with Gasteiger partial charge in [-0.3, -0.25) is 9.69 Å². The number of piperidine rings is 1. The smallest absolute Gasteiger partial charge is 0.410 e. The summed E-state index contributed by atoms with van der Waals surface area (Å²) in [6.07, 6.45) is 11.9. The first kappa shape index (κ1) is 23.5. The molecule has 31 heavy (non-hydrogen) atoms. The van der Waals surface area contributed by atoms with Gasteiger partial charge < -0.3 is 9.47 Å². The van der Waals surface area contributed by atoms with Crippen LogP contribution >= 0.6 is 0 Å². The second kappa shape index (κ2) is 12.7. The number of rotatable bonds is 12. The Hall–Kier alpha value is -2.14. The number of allylic oxidation sites excluding steroid dienone is 1. The lowest BCUT2D eigenvalue weighted by atomic mass is 9.81. The highest BCUT2D eigenvalue weighted by Crippen LogP contribution is 2.33. The van der Waals surface area contributed by atoms with Gasteiger partial charge in [0.15, 0.2) is 0 Å². The van der Waals surface area contributed by atoms with Crippen LogP contribution in [-0.4, -0.2) is 42.1 Å². The van der Waals surface area contributed by atoms with Gasteiger partial charge in [-0.2, -0.15) is 0 Å². The van der Waals surface area contributed by atoms with Crippen LogP contribution in [0.15, 0.2) is 43.0 Å². The fourth-order valence-electron chi connectivity index (χ4n) is 4.77. The highest BCUT2D eigenvalue weighted by atomic mass is 16.6. The highest BCUT2D eigenvalue weighted by molar-refractivity contribution is 5.81. The predicted molar refractivity (Wildman–Crippen MR) is 122 cm³/mol. The lowest BCUT2D eigenvalue weighted by molar-refractivity contribution is -0.131. The van der Waals surface area contributed by atoms with Crippen LogP contribution in [0, 0.1) is 5.92 Å². The van der Waals surface area contributed by atoms with E-state index in [4.69, 9.17) is 9.47 Å². The van der Waals surface area contributed by atoms with Gasteiger partial charge in [-0.25, -0.2) is 4.79 Å². The molecule has 2 saturated heterocycles. The molecule has 0 radical (unpaired) electrons. The Balaban J connectivity index is 1.40. The molecule has 0 aliphatic carbocycles. The average molecular weight is 428 g/mol. The van der Waals surface area contributed by atoms with Crippen LogP contribution in [0.5, 0.6) is 0 Å². The summed E-state index contributed by atoms with van der Waals surface area (Å²) in [5, 5.41) is 0. The maximum Gasteiger partial charge on any atom is 0.410 e. The highest BCUT2D eigenvalue weighted by Gasteiger charge is 2.44. The summed E-state index contributed by atoms with van der Waals surface area (Å²) in [7, 11) is 0. The van der Waals surface area contributed by atoms with E-state index in [1.165, 1.54) is 25.7 Å². The molecule has 0 spiro atoms. The summed E-state index contributed by atoms with van der Waals surface area (Å²) in [5.74, 6) is 0.408. The zero-order valence-corrected chi connectivity index (χ0v) is 18.7. The average Bonchev–Trinajstić information content (AvgIpc) is 2.79. The number of Topliss-reactive ketones (excluding diaryl/α,β-unsaturated/α-hetero) is 1. The van der Waals surface area contributed by atoms with Gasteiger partial charge in [0.1, 0.15) is 12.4 Å². The molecule has 5 nitrogen and oxygen atoms in total. The van der Waals surface area contributed by atoms with E-state index in [-0.39, 0.29) is 30.7 Å². The molecule has 2 fully saturated rings. The van der Waals surface area contributed by atoms with Crippen LogP contribution in [0.4, 0.5) is 4.79 Å². The molecule has 0 aromatic heterocycles. The minimum Gasteiger partial charge on any atom is -0.445 e. The third-order valence-electron chi connectivity index (χ3n) is 6.47. The number of carbonyl (C=O) groups excluding carboxylic acids is 2. The van der Waals surface area contributed by atoms with E-state index in [0.717, 1.165) is 24.8 Å². The second-order valence-electron chi connectivity index (χ2n) is 8.88. The van der Waals surface area contributed by atoms with Gasteiger partial charge in [0, 0.05) is 12.3 Å². The Kier molecular flexibility index (Phi) is 9.60. The van der Waals surface area contributed by atoms with Crippen molar-refractivity contribution in [2.45, 2.75) is 82.9 Å². The van der Waals surface area contributed by atoms with Crippen molar-refractivity contribution in [3.8, 4) is 0 Å². The first-order valence-corrected chi connectivity index (χ1v) is 11.9. The fourth-order valence-corrected chi connectivity index (χ4v) is 4.77. The van der Waals surface area contributed by atoms with E-state index >= 15 is 0 Å². The van der Waals surface area contributed by atoms with Crippen molar-refractivity contribution in [2.75, 3.05) is 13.2 Å². The van der Waals surface area contributed by atoms with Crippen molar-refractivity contribution in [3.63, 3.8) is 0 Å². The Morgan fingerprint density at radius 1 is 1.00 bits per heavy atom. The van der Waals surface area contributed by atoms with Crippen molar-refractivity contribution in [2.24, 2.45) is 5.92 Å². The van der Waals surface area contributed by atoms with Crippen LogP contribution in [-0.2, 0) is 20.9 Å². The number of ether oxygens (including phenoxy) is 2. The van der Waals surface area contributed by atoms with Crippen LogP contribution < -0.4 is 0 Å². The number of carbonyl (C=O) groups is 2. The zero-order valence-electron chi connectivity index (χ0n) is 18.7. The fraction of sp³-hybridized carbons (Fsp3) is 0.615. The number of ketones is 1. The Morgan fingerprint density at radius 2 is 1.65 bits per heavy atom. The third kappa shape index (κ3) is 7.20. The lowest BCUT2D eigenvalue weighted by Gasteiger charge is -2.47. The Labute approximate surface area is 186 Å². The first-order chi connectivity index (χ1) is 15.2. The van der Waals surface area contributed by atoms with Crippen molar-refractivity contribution in [3.05, 3.63) is 48.6 Å². The van der Waals surface area contributed by atoms with E-state index in [1.54, 1.807) is 0 Å². The van der Waals surface area contributed by atoms with Crippen molar-refractivity contribution in [1.29, 1.82) is 0 Å². The number of nitrogens with zero attached hydrogens (tertiary/aromatic N) is 1. The number of amides is 1. The zero-order chi connectivity index (χ0) is 21.9. The number of morpholine rings is 1. The molecule has 170 valence electrons. The van der Waals surface area contributed by atoms with Crippen LogP contribution in [0.1, 0.15) is 69.8 Å². The number of hydrogen-bond acceptors (Lipinski definition) is 4. The molecule has 2 aliphatic heterocycles. The van der Waals surface area contributed by atoms with E-state index < -0.39 is 0 Å². The molecule has 2 bridgehead atoms. The number of hydrogen-bond donors (Lipinski definition) is 0. The van der Waals surface area contributed by atoms with Crippen LogP contribution in [0.3, 0.4) is 0 Å². The molecule has 5 heteroatoms. The molecular weight excluding hydrogens is 390 g/mol. The summed E-state index contributed by atoms with van der Waals surface area (Å²) in [6, 6.07) is 9.59. The molecule has 2 atom stereocenters. The lowest BCUT2D eigenvalue weighted by Crippen LogP contribution is -2.59. The number of benzene rings is 1. The molecule has 0 saturated carbocycles. The van der Waals surface area contributed by atoms with Gasteiger partial charge in [-0.15, -0.1) is 6.58 Å². The standard InChI is InChI=1S/C26H37NO4/c1-2-3-4-5-6-7-8-12-15-25(28)22-16-23-19-30-20-24(17-22)27(23)26(29)31-18-21-13-10-9-11-14-21/h2,9-11,13-14,22-24H,1,3-8,12,15-20H2. The van der Waals surface area contributed by atoms with Crippen molar-refractivity contribution >= 4 is 11.9 Å². The molecular formula is C26H37NO4. The van der Waals surface area contributed by atoms with Crippen LogP contribution in [0.2, 0.25) is 0 Å². The molecule has 2 unspecified atom stereocenters. The van der Waals surface area contributed by atoms with Gasteiger partial charge >= 0.3 is 6.09 Å². The second-order valence-corrected chi connectivity index (χ2v) is 8.88. The molecule has 1 aromatic carbocycles. The molecule has 2 heterocycles. The summed E-state index contributed by atoms with van der Waals surface area (Å²) < 4.78 is 11.3. The maximum absolute atomic E-state index is 12.8. The number of fused-ring (bicyclic) bond motifs is 2. The normalized spacial score (nSPS) is 22.7. The Morgan fingerprint density at radius 3 is 2.32 bits per heavy atom. The topological polar surface area (TPSA) is 55.8 Å². The van der Waals surface area contributed by atoms with E-state index in [2.05, 4.69) is 6.58 Å². The molecule has 1 aromatic rings. The van der Waals surface area contributed by atoms with Crippen molar-refractivity contribution < 1.29 is 19.1 Å². The summed E-state index contributed by atoms with van der Waals surface area (Å²) in [4.78, 5) is 27.4. The third-order valence-corrected chi connectivity index (χ3v) is 6.47. The monoisotopic (exact) mass is 427 g/mol. The first-order valence-electron chi connectivity index (χ1n) is 11.9. The Bertz CT molecular complexity index is 691. The van der Waals surface area contributed by atoms with Gasteiger partial charge in [-0.1, -0.05) is 62.1 Å². The summed E-state index contributed by atoms with van der Waals surface area (Å²) in [5.41, 5.74) is 0.975. The van der Waals surface area contributed by atoms with Gasteiger partial charge in [0.25, 0.3) is 0 Å². The van der Waals surface area contributed by atoms with E-state index in [1.807, 2.05) is 41.3 Å². The predicted octanol–water partition coefficient (Wildman–Crippen LogP) is 5.68. The molecule has 3 rings (SSSR count). The maximum atomic E-state index is 12.8. The minimum atomic E-state index is -0.287. The largest absolute Gasteiger partial charge is 0.445 e. The molecule has 0 N–H and O–H groups in total. The molecule has 1 amide bonds. The van der Waals surface area contributed by atoms with E-state index in [0.29, 0.717) is 38.3 Å². The van der Waals surface area contributed by atoms with Gasteiger partial charge in [0.2, 0.25) is 0 Å². The van der Waals surface area contributed by atoms with Crippen molar-refractivity contribution in [1.82, 2.24) is 4.90 Å². The van der Waals surface area contributed by atoms with Gasteiger partial charge in [0.05, 0.1) is 25.3 Å². The number of unbranched alkanes of at least 4 members (excludes halogenated alkanes) is 6. The van der Waals surface area contributed by atoms with Crippen LogP contribution in [0.25, 0.3) is 0 Å². The van der Waals surface area contributed by atoms with Gasteiger partial charge in [-0.05, 0) is 37.7 Å². The SMILES string of the molecule is C=CCCCCCCCCC(=O)C1CC2COCC(C1)N2C(=O)OCc1ccccc1. The summed E-state index contributed by atoms with van der Waals surface area (Å²) in [6.45, 7) is 5.01. The van der Waals surface area contributed by atoms with E-state index in [9.17, 15) is 9.59 Å². The quantitative estimate of drug-likeness (QED) is 0.318. The summed E-state index contributed by atoms with van der Waals surface area (Å²) >= 11 is 0.